The van der Waals surface area contributed by atoms with Gasteiger partial charge in [-0.3, -0.25) is 0 Å². The molecule has 2 rings (SSSR count). The summed E-state index contributed by atoms with van der Waals surface area (Å²) in [7, 11) is -4.41. The van der Waals surface area contributed by atoms with Crippen LogP contribution in [0.15, 0.2) is 23.1 Å². The van der Waals surface area contributed by atoms with Gasteiger partial charge >= 0.3 is 29.6 Å². The summed E-state index contributed by atoms with van der Waals surface area (Å²) < 4.78 is 33.5. The average Bonchev–Trinajstić information content (AvgIpc) is 3.24. The molecular formula is C29H51N2NaO3S. The van der Waals surface area contributed by atoms with Crippen molar-refractivity contribution in [3.8, 4) is 0 Å². The average molecular weight is 531 g/mol. The zero-order valence-corrected chi connectivity index (χ0v) is 26.1. The van der Waals surface area contributed by atoms with Crippen LogP contribution in [-0.4, -0.2) is 19.1 Å². The van der Waals surface area contributed by atoms with Crippen molar-refractivity contribution in [2.24, 2.45) is 0 Å². The molecule has 1 aliphatic heterocycles. The summed E-state index contributed by atoms with van der Waals surface area (Å²) in [6.07, 6.45) is 28.8. The molecule has 1 aromatic rings. The first-order valence-electron chi connectivity index (χ1n) is 14.6. The van der Waals surface area contributed by atoms with Gasteiger partial charge in [0, 0.05) is 0 Å². The molecule has 202 valence electrons. The number of nitrogens with one attached hydrogen (secondary N) is 2. The van der Waals surface area contributed by atoms with Crippen molar-refractivity contribution < 1.29 is 42.5 Å². The van der Waals surface area contributed by atoms with Crippen LogP contribution >= 0.6 is 0 Å². The van der Waals surface area contributed by atoms with E-state index in [0.717, 1.165) is 18.5 Å². The molecule has 0 saturated heterocycles. The Labute approximate surface area is 244 Å². The molecule has 0 amide bonds. The van der Waals surface area contributed by atoms with E-state index < -0.39 is 10.1 Å². The van der Waals surface area contributed by atoms with E-state index in [1.54, 1.807) is 6.07 Å². The van der Waals surface area contributed by atoms with Crippen LogP contribution in [0.25, 0.3) is 0 Å². The number of unbranched alkanes of at least 4 members (excludes halogenated alkanes) is 19. The Hall–Kier alpha value is -0.270. The normalized spacial score (nSPS) is 14.7. The molecule has 2 N–H and O–H groups in total. The van der Waals surface area contributed by atoms with E-state index in [2.05, 4.69) is 17.6 Å². The fraction of sp³-hybridized carbons (Fsp3) is 0.793. The maximum absolute atomic E-state index is 11.2. The topological polar surface area (TPSA) is 81.3 Å². The predicted molar refractivity (Wildman–Crippen MR) is 148 cm³/mol. The minimum absolute atomic E-state index is 0. The molecule has 0 radical (unpaired) electrons. The van der Waals surface area contributed by atoms with E-state index in [9.17, 15) is 13.0 Å². The smallest absolute Gasteiger partial charge is 0.744 e. The molecular weight excluding hydrogens is 479 g/mol. The molecule has 0 aliphatic carbocycles. The fourth-order valence-electron chi connectivity index (χ4n) is 5.08. The maximum atomic E-state index is 11.2. The van der Waals surface area contributed by atoms with Crippen LogP contribution in [0.2, 0.25) is 0 Å². The van der Waals surface area contributed by atoms with E-state index in [1.165, 1.54) is 134 Å². The molecule has 0 spiro atoms. The molecule has 36 heavy (non-hydrogen) atoms. The van der Waals surface area contributed by atoms with Crippen molar-refractivity contribution in [2.45, 2.75) is 153 Å². The van der Waals surface area contributed by atoms with Gasteiger partial charge in [-0.1, -0.05) is 129 Å². The summed E-state index contributed by atoms with van der Waals surface area (Å²) in [5, 5.41) is 6.66. The molecule has 0 saturated carbocycles. The van der Waals surface area contributed by atoms with Gasteiger partial charge in [0.2, 0.25) is 0 Å². The van der Waals surface area contributed by atoms with Crippen molar-refractivity contribution in [2.75, 3.05) is 10.6 Å². The number of anilines is 2. The van der Waals surface area contributed by atoms with Gasteiger partial charge in [0.15, 0.2) is 0 Å². The van der Waals surface area contributed by atoms with Crippen LogP contribution in [0, 0.1) is 0 Å². The zero-order chi connectivity index (χ0) is 25.2. The number of rotatable bonds is 22. The molecule has 0 bridgehead atoms. The van der Waals surface area contributed by atoms with Gasteiger partial charge in [0.25, 0.3) is 0 Å². The molecule has 5 nitrogen and oxygen atoms in total. The predicted octanol–water partition coefficient (Wildman–Crippen LogP) is 5.97. The number of benzene rings is 1. The van der Waals surface area contributed by atoms with Gasteiger partial charge in [-0.2, -0.15) is 0 Å². The Kier molecular flexibility index (Phi) is 19.4. The van der Waals surface area contributed by atoms with Crippen LogP contribution in [0.1, 0.15) is 142 Å². The summed E-state index contributed by atoms with van der Waals surface area (Å²) in [6.45, 7) is 2.28. The number of hydrogen-bond acceptors (Lipinski definition) is 5. The maximum Gasteiger partial charge on any atom is 1.00 e. The number of hydrogen-bond donors (Lipinski definition) is 2. The molecule has 1 heterocycles. The Morgan fingerprint density at radius 3 is 1.44 bits per heavy atom. The van der Waals surface area contributed by atoms with Gasteiger partial charge in [0.1, 0.15) is 10.1 Å². The molecule has 0 aromatic heterocycles. The molecule has 1 atom stereocenters. The summed E-state index contributed by atoms with van der Waals surface area (Å²) in [4.78, 5) is -0.176. The minimum Gasteiger partial charge on any atom is -0.744 e. The second-order valence-corrected chi connectivity index (χ2v) is 11.9. The van der Waals surface area contributed by atoms with Gasteiger partial charge < -0.3 is 15.2 Å². The van der Waals surface area contributed by atoms with Crippen molar-refractivity contribution >= 4 is 21.5 Å². The van der Waals surface area contributed by atoms with Crippen molar-refractivity contribution in [3.05, 3.63) is 18.2 Å². The fourth-order valence-corrected chi connectivity index (χ4v) is 5.58. The summed E-state index contributed by atoms with van der Waals surface area (Å²) >= 11 is 0. The van der Waals surface area contributed by atoms with E-state index in [-0.39, 0.29) is 40.6 Å². The molecule has 1 aliphatic rings. The largest absolute Gasteiger partial charge is 1.00 e. The molecule has 1 aromatic carbocycles. The van der Waals surface area contributed by atoms with E-state index >= 15 is 0 Å². The van der Waals surface area contributed by atoms with Crippen molar-refractivity contribution in [1.82, 2.24) is 0 Å². The molecule has 1 unspecified atom stereocenters. The Morgan fingerprint density at radius 1 is 0.639 bits per heavy atom. The van der Waals surface area contributed by atoms with Crippen LogP contribution in [0.4, 0.5) is 11.4 Å². The summed E-state index contributed by atoms with van der Waals surface area (Å²) in [5.74, 6) is 0. The first kappa shape index (κ1) is 33.8. The summed E-state index contributed by atoms with van der Waals surface area (Å²) in [6, 6.07) is 4.47. The molecule has 0 fully saturated rings. The Morgan fingerprint density at radius 2 is 1.03 bits per heavy atom. The van der Waals surface area contributed by atoms with Crippen molar-refractivity contribution in [1.29, 1.82) is 0 Å². The number of fused-ring (bicyclic) bond motifs is 1. The second kappa shape index (κ2) is 20.7. The minimum atomic E-state index is -4.41. The first-order valence-corrected chi connectivity index (χ1v) is 16.0. The first-order chi connectivity index (χ1) is 17.0. The van der Waals surface area contributed by atoms with Gasteiger partial charge in [0.05, 0.1) is 22.4 Å². The summed E-state index contributed by atoms with van der Waals surface area (Å²) in [5.41, 5.74) is 1.58. The van der Waals surface area contributed by atoms with Gasteiger partial charge in [-0.05, 0) is 31.0 Å². The van der Waals surface area contributed by atoms with Gasteiger partial charge in [-0.25, -0.2) is 8.42 Å². The van der Waals surface area contributed by atoms with E-state index in [0.29, 0.717) is 5.69 Å². The second-order valence-electron chi connectivity index (χ2n) is 10.5. The third kappa shape index (κ3) is 15.2. The third-order valence-corrected chi connectivity index (χ3v) is 8.12. The van der Waals surface area contributed by atoms with Crippen LogP contribution in [-0.2, 0) is 10.1 Å². The quantitative estimate of drug-likeness (QED) is 0.110. The van der Waals surface area contributed by atoms with Crippen LogP contribution in [0.5, 0.6) is 0 Å². The SMILES string of the molecule is CCCCCCCCCCCCCCCCCCCCCCC1Nc2ccc(S(=O)(=O)[O-])cc2N1.[Na+]. The van der Waals surface area contributed by atoms with Gasteiger partial charge in [-0.15, -0.1) is 0 Å². The monoisotopic (exact) mass is 530 g/mol. The Bertz CT molecular complexity index is 789. The van der Waals surface area contributed by atoms with E-state index in [4.69, 9.17) is 0 Å². The van der Waals surface area contributed by atoms with Crippen molar-refractivity contribution in [3.63, 3.8) is 0 Å². The molecule has 7 heteroatoms. The van der Waals surface area contributed by atoms with Crippen LogP contribution < -0.4 is 40.2 Å². The third-order valence-electron chi connectivity index (χ3n) is 7.29. The Balaban J connectivity index is 0.00000648. The zero-order valence-electron chi connectivity index (χ0n) is 23.3. The van der Waals surface area contributed by atoms with Crippen LogP contribution in [0.3, 0.4) is 0 Å². The van der Waals surface area contributed by atoms with E-state index in [1.807, 2.05) is 0 Å². The standard InChI is InChI=1S/C29H52N2O3S.Na/c1-2-3-4-5-6-7-8-9-10-11-12-13-14-15-16-17-18-19-20-21-22-29-30-27-24-23-26(35(32,33)34)25-28(27)31-29;/h23-25,29-31H,2-22H2,1H3,(H,32,33,34);/q;+1/p-1.